The van der Waals surface area contributed by atoms with Gasteiger partial charge in [-0.3, -0.25) is 4.79 Å². The fourth-order valence-corrected chi connectivity index (χ4v) is 2.37. The predicted octanol–water partition coefficient (Wildman–Crippen LogP) is 2.46. The Labute approximate surface area is 124 Å². The van der Waals surface area contributed by atoms with Gasteiger partial charge in [0.05, 0.1) is 6.07 Å². The second kappa shape index (κ2) is 6.13. The summed E-state index contributed by atoms with van der Waals surface area (Å²) in [6.07, 6.45) is 1.59. The molecule has 1 saturated heterocycles. The van der Waals surface area contributed by atoms with Crippen molar-refractivity contribution in [3.8, 4) is 6.07 Å². The molecule has 0 aromatic heterocycles. The van der Waals surface area contributed by atoms with Crippen molar-refractivity contribution in [3.63, 3.8) is 0 Å². The normalized spacial score (nSPS) is 16.4. The van der Waals surface area contributed by atoms with Crippen LogP contribution in [0.3, 0.4) is 0 Å². The Kier molecular flexibility index (Phi) is 4.46. The van der Waals surface area contributed by atoms with E-state index in [1.165, 1.54) is 12.1 Å². The van der Waals surface area contributed by atoms with Crippen molar-refractivity contribution in [2.45, 2.75) is 32.7 Å². The molecule has 0 radical (unpaired) electrons. The molecule has 5 heteroatoms. The summed E-state index contributed by atoms with van der Waals surface area (Å²) in [6, 6.07) is 8.63. The van der Waals surface area contributed by atoms with Crippen molar-refractivity contribution >= 4 is 11.6 Å². The molecule has 1 aromatic carbocycles. The molecule has 0 aliphatic carbocycles. The van der Waals surface area contributed by atoms with Gasteiger partial charge in [0.1, 0.15) is 11.2 Å². The molecule has 0 unspecified atom stereocenters. The molecule has 1 amide bonds. The lowest BCUT2D eigenvalue weighted by atomic mass is 9.93. The largest absolute Gasteiger partial charge is 0.371 e. The smallest absolute Gasteiger partial charge is 0.240 e. The maximum absolute atomic E-state index is 13.2. The van der Waals surface area contributed by atoms with E-state index < -0.39 is 5.41 Å². The molecular weight excluding hydrogens is 269 g/mol. The lowest BCUT2D eigenvalue weighted by Gasteiger charge is -2.34. The number of carbonyl (C=O) groups is 1. The first-order valence-electron chi connectivity index (χ1n) is 7.15. The van der Waals surface area contributed by atoms with E-state index in [0.717, 1.165) is 31.6 Å². The van der Waals surface area contributed by atoms with Gasteiger partial charge >= 0.3 is 0 Å². The van der Waals surface area contributed by atoms with Gasteiger partial charge in [0.25, 0.3) is 0 Å². The van der Waals surface area contributed by atoms with Gasteiger partial charge in [-0.05, 0) is 44.9 Å². The number of hydrogen-bond donors (Lipinski definition) is 1. The van der Waals surface area contributed by atoms with E-state index in [0.29, 0.717) is 0 Å². The standard InChI is InChI=1S/C16H20FN3O/c1-16(2,11-18)15(21)19-13-6-8-20(9-7-13)14-5-3-4-12(17)10-14/h3-5,10,13H,6-9H2,1-2H3,(H,19,21). The zero-order valence-electron chi connectivity index (χ0n) is 12.4. The van der Waals surface area contributed by atoms with Crippen molar-refractivity contribution in [2.75, 3.05) is 18.0 Å². The molecule has 1 aliphatic rings. The van der Waals surface area contributed by atoms with Gasteiger partial charge < -0.3 is 10.2 Å². The molecule has 1 heterocycles. The van der Waals surface area contributed by atoms with Gasteiger partial charge in [0.2, 0.25) is 5.91 Å². The quantitative estimate of drug-likeness (QED) is 0.930. The number of hydrogen-bond acceptors (Lipinski definition) is 3. The highest BCUT2D eigenvalue weighted by Gasteiger charge is 2.30. The molecule has 2 rings (SSSR count). The third-order valence-electron chi connectivity index (χ3n) is 3.85. The van der Waals surface area contributed by atoms with E-state index >= 15 is 0 Å². The number of carbonyl (C=O) groups excluding carboxylic acids is 1. The first kappa shape index (κ1) is 15.3. The monoisotopic (exact) mass is 289 g/mol. The average molecular weight is 289 g/mol. The lowest BCUT2D eigenvalue weighted by molar-refractivity contribution is -0.127. The Bertz CT molecular complexity index is 557. The first-order chi connectivity index (χ1) is 9.92. The number of anilines is 1. The summed E-state index contributed by atoms with van der Waals surface area (Å²) < 4.78 is 13.2. The van der Waals surface area contributed by atoms with Gasteiger partial charge in [0.15, 0.2) is 0 Å². The summed E-state index contributed by atoms with van der Waals surface area (Å²) in [5.74, 6) is -0.465. The number of nitrogens with zero attached hydrogens (tertiary/aromatic N) is 2. The number of rotatable bonds is 3. The van der Waals surface area contributed by atoms with Crippen LogP contribution in [0.15, 0.2) is 24.3 Å². The molecule has 0 bridgehead atoms. The Morgan fingerprint density at radius 1 is 1.43 bits per heavy atom. The van der Waals surface area contributed by atoms with Crippen LogP contribution in [0.25, 0.3) is 0 Å². The van der Waals surface area contributed by atoms with Crippen LogP contribution in [-0.4, -0.2) is 25.0 Å². The van der Waals surface area contributed by atoms with E-state index in [2.05, 4.69) is 10.2 Å². The molecular formula is C16H20FN3O. The number of nitriles is 1. The Morgan fingerprint density at radius 2 is 2.10 bits per heavy atom. The second-order valence-electron chi connectivity index (χ2n) is 5.95. The highest BCUT2D eigenvalue weighted by molar-refractivity contribution is 5.84. The molecule has 0 atom stereocenters. The van der Waals surface area contributed by atoms with Gasteiger partial charge in [-0.15, -0.1) is 0 Å². The van der Waals surface area contributed by atoms with Crippen molar-refractivity contribution in [3.05, 3.63) is 30.1 Å². The molecule has 4 nitrogen and oxygen atoms in total. The van der Waals surface area contributed by atoms with E-state index in [1.807, 2.05) is 12.1 Å². The van der Waals surface area contributed by atoms with Gasteiger partial charge in [-0.2, -0.15) is 5.26 Å². The van der Waals surface area contributed by atoms with E-state index in [-0.39, 0.29) is 17.8 Å². The zero-order valence-corrected chi connectivity index (χ0v) is 12.4. The summed E-state index contributed by atoms with van der Waals surface area (Å²) in [5, 5.41) is 11.9. The highest BCUT2D eigenvalue weighted by Crippen LogP contribution is 2.21. The Hall–Kier alpha value is -2.09. The lowest BCUT2D eigenvalue weighted by Crippen LogP contribution is -2.48. The summed E-state index contributed by atoms with van der Waals surface area (Å²) in [6.45, 7) is 4.76. The van der Waals surface area contributed by atoms with Crippen LogP contribution in [0.4, 0.5) is 10.1 Å². The minimum atomic E-state index is -1.00. The number of halogens is 1. The van der Waals surface area contributed by atoms with Crippen molar-refractivity contribution < 1.29 is 9.18 Å². The molecule has 1 N–H and O–H groups in total. The summed E-state index contributed by atoms with van der Waals surface area (Å²) in [4.78, 5) is 14.1. The molecule has 21 heavy (non-hydrogen) atoms. The van der Waals surface area contributed by atoms with Gasteiger partial charge in [-0.25, -0.2) is 4.39 Å². The topological polar surface area (TPSA) is 56.1 Å². The zero-order chi connectivity index (χ0) is 15.5. The van der Waals surface area contributed by atoms with E-state index in [4.69, 9.17) is 5.26 Å². The fraction of sp³-hybridized carbons (Fsp3) is 0.500. The van der Waals surface area contributed by atoms with Crippen LogP contribution in [0.2, 0.25) is 0 Å². The minimum absolute atomic E-state index is 0.0786. The van der Waals surface area contributed by atoms with E-state index in [9.17, 15) is 9.18 Å². The minimum Gasteiger partial charge on any atom is -0.371 e. The maximum Gasteiger partial charge on any atom is 0.240 e. The third kappa shape index (κ3) is 3.72. The van der Waals surface area contributed by atoms with Crippen LogP contribution in [-0.2, 0) is 4.79 Å². The summed E-state index contributed by atoms with van der Waals surface area (Å²) in [5.41, 5.74) is -0.128. The predicted molar refractivity (Wildman–Crippen MR) is 79.2 cm³/mol. The number of benzene rings is 1. The van der Waals surface area contributed by atoms with Crippen LogP contribution in [0.5, 0.6) is 0 Å². The van der Waals surface area contributed by atoms with Crippen LogP contribution in [0.1, 0.15) is 26.7 Å². The number of amides is 1. The number of nitrogens with one attached hydrogen (secondary N) is 1. The van der Waals surface area contributed by atoms with Crippen LogP contribution >= 0.6 is 0 Å². The molecule has 0 saturated carbocycles. The first-order valence-corrected chi connectivity index (χ1v) is 7.15. The van der Waals surface area contributed by atoms with Crippen molar-refractivity contribution in [1.29, 1.82) is 5.26 Å². The third-order valence-corrected chi connectivity index (χ3v) is 3.85. The molecule has 112 valence electrons. The van der Waals surface area contributed by atoms with Crippen molar-refractivity contribution in [1.82, 2.24) is 5.32 Å². The van der Waals surface area contributed by atoms with Crippen LogP contribution < -0.4 is 10.2 Å². The molecule has 0 spiro atoms. The molecule has 1 fully saturated rings. The Balaban J connectivity index is 1.89. The van der Waals surface area contributed by atoms with E-state index in [1.54, 1.807) is 19.9 Å². The molecule has 1 aliphatic heterocycles. The fourth-order valence-electron chi connectivity index (χ4n) is 2.37. The van der Waals surface area contributed by atoms with Crippen LogP contribution in [0, 0.1) is 22.6 Å². The van der Waals surface area contributed by atoms with Gasteiger partial charge in [-0.1, -0.05) is 6.07 Å². The van der Waals surface area contributed by atoms with Crippen molar-refractivity contribution in [2.24, 2.45) is 5.41 Å². The van der Waals surface area contributed by atoms with Gasteiger partial charge in [0, 0.05) is 24.8 Å². The highest BCUT2D eigenvalue weighted by atomic mass is 19.1. The average Bonchev–Trinajstić information content (AvgIpc) is 2.48. The summed E-state index contributed by atoms with van der Waals surface area (Å²) >= 11 is 0. The maximum atomic E-state index is 13.2. The Morgan fingerprint density at radius 3 is 2.67 bits per heavy atom. The number of piperidine rings is 1. The summed E-state index contributed by atoms with van der Waals surface area (Å²) in [7, 11) is 0. The second-order valence-corrected chi connectivity index (χ2v) is 5.95. The SMILES string of the molecule is CC(C)(C#N)C(=O)NC1CCN(c2cccc(F)c2)CC1. The molecule has 1 aromatic rings.